The summed E-state index contributed by atoms with van der Waals surface area (Å²) in [6, 6.07) is 3.81. The monoisotopic (exact) mass is 217 g/mol. The number of carbonyl (C=O) groups excluding carboxylic acids is 1. The van der Waals surface area contributed by atoms with Crippen LogP contribution < -0.4 is 0 Å². The largest absolute Gasteiger partial charge is 0.501 e. The summed E-state index contributed by atoms with van der Waals surface area (Å²) in [6.45, 7) is 2.74. The molecule has 0 aromatic carbocycles. The SMILES string of the molecule is CCc1cccnc1C(=O)C1=COCCC1. The van der Waals surface area contributed by atoms with E-state index in [1.54, 1.807) is 12.5 Å². The van der Waals surface area contributed by atoms with Crippen LogP contribution in [-0.4, -0.2) is 17.4 Å². The summed E-state index contributed by atoms with van der Waals surface area (Å²) in [6.07, 6.45) is 5.77. The topological polar surface area (TPSA) is 39.2 Å². The third-order valence-corrected chi connectivity index (χ3v) is 2.71. The van der Waals surface area contributed by atoms with Gasteiger partial charge in [-0.25, -0.2) is 0 Å². The van der Waals surface area contributed by atoms with Gasteiger partial charge < -0.3 is 4.74 Å². The number of aryl methyl sites for hydroxylation is 1. The van der Waals surface area contributed by atoms with Crippen LogP contribution in [0.1, 0.15) is 35.8 Å². The third kappa shape index (κ3) is 2.13. The Hall–Kier alpha value is -1.64. The summed E-state index contributed by atoms with van der Waals surface area (Å²) >= 11 is 0. The summed E-state index contributed by atoms with van der Waals surface area (Å²) < 4.78 is 5.19. The average Bonchev–Trinajstić information content (AvgIpc) is 2.39. The molecule has 0 amide bonds. The number of carbonyl (C=O) groups is 1. The number of rotatable bonds is 3. The van der Waals surface area contributed by atoms with Gasteiger partial charge in [0.1, 0.15) is 5.69 Å². The fourth-order valence-corrected chi connectivity index (χ4v) is 1.81. The Morgan fingerprint density at radius 3 is 3.12 bits per heavy atom. The lowest BCUT2D eigenvalue weighted by atomic mass is 9.99. The van der Waals surface area contributed by atoms with E-state index in [0.29, 0.717) is 12.3 Å². The average molecular weight is 217 g/mol. The van der Waals surface area contributed by atoms with E-state index in [9.17, 15) is 4.79 Å². The van der Waals surface area contributed by atoms with E-state index in [1.807, 2.05) is 19.1 Å². The number of ether oxygens (including phenoxy) is 1. The molecule has 2 rings (SSSR count). The molecular formula is C13H15NO2. The Morgan fingerprint density at radius 1 is 1.56 bits per heavy atom. The highest BCUT2D eigenvalue weighted by atomic mass is 16.5. The second kappa shape index (κ2) is 4.92. The van der Waals surface area contributed by atoms with Gasteiger partial charge in [0.15, 0.2) is 0 Å². The highest BCUT2D eigenvalue weighted by molar-refractivity contribution is 6.08. The standard InChI is InChI=1S/C13H15NO2/c1-2-10-5-3-7-14-12(10)13(15)11-6-4-8-16-9-11/h3,5,7,9H,2,4,6,8H2,1H3. The minimum absolute atomic E-state index is 0.0113. The van der Waals surface area contributed by atoms with E-state index in [4.69, 9.17) is 4.74 Å². The van der Waals surface area contributed by atoms with Gasteiger partial charge in [0.2, 0.25) is 5.78 Å². The Balaban J connectivity index is 2.29. The van der Waals surface area contributed by atoms with Crippen LogP contribution in [0.2, 0.25) is 0 Å². The maximum absolute atomic E-state index is 12.2. The van der Waals surface area contributed by atoms with E-state index in [2.05, 4.69) is 4.98 Å². The lowest BCUT2D eigenvalue weighted by Crippen LogP contribution is -2.12. The van der Waals surface area contributed by atoms with Gasteiger partial charge in [-0.05, 0) is 30.9 Å². The van der Waals surface area contributed by atoms with E-state index in [0.717, 1.165) is 30.4 Å². The highest BCUT2D eigenvalue weighted by Gasteiger charge is 2.18. The minimum Gasteiger partial charge on any atom is -0.501 e. The van der Waals surface area contributed by atoms with Crippen molar-refractivity contribution in [1.29, 1.82) is 0 Å². The van der Waals surface area contributed by atoms with Crippen LogP contribution in [0.3, 0.4) is 0 Å². The van der Waals surface area contributed by atoms with Gasteiger partial charge >= 0.3 is 0 Å². The number of hydrogen-bond acceptors (Lipinski definition) is 3. The Labute approximate surface area is 95.2 Å². The first-order valence-electron chi connectivity index (χ1n) is 5.62. The van der Waals surface area contributed by atoms with Crippen LogP contribution in [0.4, 0.5) is 0 Å². The normalized spacial score (nSPS) is 15.2. The lowest BCUT2D eigenvalue weighted by Gasteiger charge is -2.13. The molecule has 0 N–H and O–H groups in total. The van der Waals surface area contributed by atoms with Gasteiger partial charge in [-0.15, -0.1) is 0 Å². The summed E-state index contributed by atoms with van der Waals surface area (Å²) in [5.74, 6) is 0.0113. The first-order valence-corrected chi connectivity index (χ1v) is 5.62. The molecule has 3 nitrogen and oxygen atoms in total. The van der Waals surface area contributed by atoms with Gasteiger partial charge in [0.25, 0.3) is 0 Å². The molecule has 0 fully saturated rings. The highest BCUT2D eigenvalue weighted by Crippen LogP contribution is 2.18. The third-order valence-electron chi connectivity index (χ3n) is 2.71. The van der Waals surface area contributed by atoms with Gasteiger partial charge in [-0.1, -0.05) is 13.0 Å². The molecule has 0 aliphatic carbocycles. The Bertz CT molecular complexity index is 424. The molecule has 16 heavy (non-hydrogen) atoms. The number of hydrogen-bond donors (Lipinski definition) is 0. The van der Waals surface area contributed by atoms with Gasteiger partial charge in [0, 0.05) is 11.8 Å². The van der Waals surface area contributed by atoms with Crippen LogP contribution >= 0.6 is 0 Å². The molecular weight excluding hydrogens is 202 g/mol. The van der Waals surface area contributed by atoms with Crippen LogP contribution in [0.15, 0.2) is 30.2 Å². The number of allylic oxidation sites excluding steroid dienone is 1. The van der Waals surface area contributed by atoms with Crippen molar-refractivity contribution >= 4 is 5.78 Å². The van der Waals surface area contributed by atoms with Crippen molar-refractivity contribution in [3.05, 3.63) is 41.4 Å². The van der Waals surface area contributed by atoms with E-state index in [1.165, 1.54) is 0 Å². The smallest absolute Gasteiger partial charge is 0.210 e. The van der Waals surface area contributed by atoms with Crippen molar-refractivity contribution < 1.29 is 9.53 Å². The molecule has 0 saturated carbocycles. The zero-order valence-electron chi connectivity index (χ0n) is 9.40. The van der Waals surface area contributed by atoms with Crippen molar-refractivity contribution in [3.63, 3.8) is 0 Å². The zero-order valence-corrected chi connectivity index (χ0v) is 9.40. The number of nitrogens with zero attached hydrogens (tertiary/aromatic N) is 1. The molecule has 0 saturated heterocycles. The first kappa shape index (κ1) is 10.9. The van der Waals surface area contributed by atoms with E-state index < -0.39 is 0 Å². The van der Waals surface area contributed by atoms with Crippen LogP contribution in [0, 0.1) is 0 Å². The minimum atomic E-state index is 0.0113. The first-order chi connectivity index (χ1) is 7.83. The Kier molecular flexibility index (Phi) is 3.34. The Morgan fingerprint density at radius 2 is 2.44 bits per heavy atom. The van der Waals surface area contributed by atoms with Crippen LogP contribution in [0.5, 0.6) is 0 Å². The molecule has 1 aromatic heterocycles. The molecule has 0 unspecified atom stereocenters. The summed E-state index contributed by atoms with van der Waals surface area (Å²) in [4.78, 5) is 16.3. The molecule has 3 heteroatoms. The van der Waals surface area contributed by atoms with Crippen molar-refractivity contribution in [3.8, 4) is 0 Å². The summed E-state index contributed by atoms with van der Waals surface area (Å²) in [5.41, 5.74) is 2.31. The molecule has 0 atom stereocenters. The predicted octanol–water partition coefficient (Wildman–Crippen LogP) is 2.52. The second-order valence-corrected chi connectivity index (χ2v) is 3.81. The summed E-state index contributed by atoms with van der Waals surface area (Å²) in [5, 5.41) is 0. The molecule has 0 spiro atoms. The maximum Gasteiger partial charge on any atom is 0.210 e. The predicted molar refractivity (Wildman–Crippen MR) is 61.2 cm³/mol. The van der Waals surface area contributed by atoms with Crippen LogP contribution in [-0.2, 0) is 11.2 Å². The van der Waals surface area contributed by atoms with E-state index in [-0.39, 0.29) is 5.78 Å². The van der Waals surface area contributed by atoms with Crippen molar-refractivity contribution in [2.24, 2.45) is 0 Å². The lowest BCUT2D eigenvalue weighted by molar-refractivity contribution is 0.100. The van der Waals surface area contributed by atoms with Gasteiger partial charge in [-0.3, -0.25) is 9.78 Å². The molecule has 84 valence electrons. The number of ketones is 1. The molecule has 1 aliphatic rings. The molecule has 0 radical (unpaired) electrons. The second-order valence-electron chi connectivity index (χ2n) is 3.81. The zero-order chi connectivity index (χ0) is 11.4. The van der Waals surface area contributed by atoms with Crippen LogP contribution in [0.25, 0.3) is 0 Å². The molecule has 1 aromatic rings. The summed E-state index contributed by atoms with van der Waals surface area (Å²) in [7, 11) is 0. The molecule has 0 bridgehead atoms. The van der Waals surface area contributed by atoms with Crippen molar-refractivity contribution in [1.82, 2.24) is 4.98 Å². The maximum atomic E-state index is 12.2. The number of Topliss-reactive ketones (excluding diaryl/α,β-unsaturated/α-hetero) is 1. The van der Waals surface area contributed by atoms with E-state index >= 15 is 0 Å². The van der Waals surface area contributed by atoms with Crippen molar-refractivity contribution in [2.75, 3.05) is 6.61 Å². The molecule has 2 heterocycles. The van der Waals surface area contributed by atoms with Crippen molar-refractivity contribution in [2.45, 2.75) is 26.2 Å². The molecule has 1 aliphatic heterocycles. The number of aromatic nitrogens is 1. The van der Waals surface area contributed by atoms with Gasteiger partial charge in [-0.2, -0.15) is 0 Å². The fourth-order valence-electron chi connectivity index (χ4n) is 1.81. The quantitative estimate of drug-likeness (QED) is 0.730. The fraction of sp³-hybridized carbons (Fsp3) is 0.385. The number of pyridine rings is 1. The van der Waals surface area contributed by atoms with Gasteiger partial charge in [0.05, 0.1) is 12.9 Å².